The molecule has 142 valence electrons. The van der Waals surface area contributed by atoms with E-state index in [1.807, 2.05) is 27.6 Å². The summed E-state index contributed by atoms with van der Waals surface area (Å²) in [6.45, 7) is 1.97. The van der Waals surface area contributed by atoms with Crippen LogP contribution in [-0.2, 0) is 19.6 Å². The standard InChI is InChI=1S/C18H20N10/c1-2-6-14(7-3-1)10-28-17(21-16(23-28)11-26-13-19-12-20-26)15-8-4-5-9-27-18(15)22-24-25-27/h1-3,6-7,12-13,15H,4-5,8-11H2/t15-/m0/s1. The van der Waals surface area contributed by atoms with Crippen molar-refractivity contribution >= 4 is 0 Å². The summed E-state index contributed by atoms with van der Waals surface area (Å²) in [5.41, 5.74) is 1.18. The molecule has 1 aromatic carbocycles. The molecule has 1 aliphatic heterocycles. The Hall–Kier alpha value is -3.43. The SMILES string of the molecule is c1ccc(Cn2nc(Cn3cncn3)nc2[C@@H]2CCCCn3nnnc32)cc1. The Kier molecular flexibility index (Phi) is 4.36. The monoisotopic (exact) mass is 376 g/mol. The van der Waals surface area contributed by atoms with Gasteiger partial charge < -0.3 is 0 Å². The molecule has 3 aromatic heterocycles. The van der Waals surface area contributed by atoms with Crippen molar-refractivity contribution in [3.63, 3.8) is 0 Å². The van der Waals surface area contributed by atoms with Crippen LogP contribution in [0.4, 0.5) is 0 Å². The molecule has 0 bridgehead atoms. The molecule has 1 atom stereocenters. The van der Waals surface area contributed by atoms with Crippen LogP contribution in [0.15, 0.2) is 43.0 Å². The molecule has 0 spiro atoms. The molecule has 0 amide bonds. The van der Waals surface area contributed by atoms with E-state index in [0.717, 1.165) is 37.5 Å². The maximum Gasteiger partial charge on any atom is 0.172 e. The maximum absolute atomic E-state index is 4.88. The lowest BCUT2D eigenvalue weighted by Gasteiger charge is -2.14. The molecule has 0 N–H and O–H groups in total. The van der Waals surface area contributed by atoms with Gasteiger partial charge in [-0.15, -0.1) is 5.10 Å². The van der Waals surface area contributed by atoms with Gasteiger partial charge in [0.2, 0.25) is 0 Å². The first-order valence-electron chi connectivity index (χ1n) is 9.43. The van der Waals surface area contributed by atoms with E-state index in [9.17, 15) is 0 Å². The summed E-state index contributed by atoms with van der Waals surface area (Å²) in [6.07, 6.45) is 6.29. The van der Waals surface area contributed by atoms with E-state index >= 15 is 0 Å². The second kappa shape index (κ2) is 7.29. The molecule has 4 aromatic rings. The van der Waals surface area contributed by atoms with Gasteiger partial charge in [0.15, 0.2) is 11.6 Å². The summed E-state index contributed by atoms with van der Waals surface area (Å²) < 4.78 is 5.61. The first kappa shape index (κ1) is 16.7. The van der Waals surface area contributed by atoms with Crippen molar-refractivity contribution in [2.24, 2.45) is 0 Å². The first-order chi connectivity index (χ1) is 13.9. The second-order valence-electron chi connectivity index (χ2n) is 6.93. The summed E-state index contributed by atoms with van der Waals surface area (Å²) >= 11 is 0. The molecule has 28 heavy (non-hydrogen) atoms. The lowest BCUT2D eigenvalue weighted by atomic mass is 10.0. The van der Waals surface area contributed by atoms with Crippen molar-refractivity contribution in [3.05, 3.63) is 66.0 Å². The van der Waals surface area contributed by atoms with E-state index in [-0.39, 0.29) is 5.92 Å². The van der Waals surface area contributed by atoms with Crippen LogP contribution in [0.5, 0.6) is 0 Å². The van der Waals surface area contributed by atoms with E-state index in [1.54, 1.807) is 11.0 Å². The smallest absolute Gasteiger partial charge is 0.172 e. The van der Waals surface area contributed by atoms with E-state index in [2.05, 4.69) is 37.7 Å². The van der Waals surface area contributed by atoms with Crippen LogP contribution in [0.1, 0.15) is 48.2 Å². The second-order valence-corrected chi connectivity index (χ2v) is 6.93. The van der Waals surface area contributed by atoms with Gasteiger partial charge in [-0.25, -0.2) is 24.0 Å². The fourth-order valence-electron chi connectivity index (χ4n) is 3.66. The van der Waals surface area contributed by atoms with Gasteiger partial charge >= 0.3 is 0 Å². The third-order valence-electron chi connectivity index (χ3n) is 4.99. The maximum atomic E-state index is 4.88. The van der Waals surface area contributed by atoms with Crippen LogP contribution in [0.3, 0.4) is 0 Å². The molecule has 4 heterocycles. The Bertz CT molecular complexity index is 1030. The van der Waals surface area contributed by atoms with Crippen LogP contribution >= 0.6 is 0 Å². The van der Waals surface area contributed by atoms with Crippen LogP contribution in [0, 0.1) is 0 Å². The molecule has 5 rings (SSSR count). The number of hydrogen-bond donors (Lipinski definition) is 0. The van der Waals surface area contributed by atoms with Crippen molar-refractivity contribution in [2.75, 3.05) is 0 Å². The molecule has 10 heteroatoms. The minimum Gasteiger partial charge on any atom is -0.245 e. The lowest BCUT2D eigenvalue weighted by molar-refractivity contribution is 0.553. The zero-order chi connectivity index (χ0) is 18.8. The van der Waals surface area contributed by atoms with Crippen molar-refractivity contribution in [2.45, 2.75) is 44.8 Å². The van der Waals surface area contributed by atoms with Gasteiger partial charge in [-0.2, -0.15) is 10.2 Å². The lowest BCUT2D eigenvalue weighted by Crippen LogP contribution is -2.15. The zero-order valence-electron chi connectivity index (χ0n) is 15.3. The van der Waals surface area contributed by atoms with Gasteiger partial charge in [0, 0.05) is 6.54 Å². The highest BCUT2D eigenvalue weighted by atomic mass is 15.5. The Morgan fingerprint density at radius 1 is 1.04 bits per heavy atom. The van der Waals surface area contributed by atoms with E-state index in [0.29, 0.717) is 18.9 Å². The number of hydrogen-bond acceptors (Lipinski definition) is 7. The number of nitrogens with zero attached hydrogens (tertiary/aromatic N) is 10. The van der Waals surface area contributed by atoms with Gasteiger partial charge in [-0.05, 0) is 28.8 Å². The van der Waals surface area contributed by atoms with Gasteiger partial charge in [-0.3, -0.25) is 0 Å². The molecule has 0 unspecified atom stereocenters. The van der Waals surface area contributed by atoms with Crippen molar-refractivity contribution in [1.82, 2.24) is 49.7 Å². The quantitative estimate of drug-likeness (QED) is 0.516. The highest BCUT2D eigenvalue weighted by molar-refractivity contribution is 5.18. The molecule has 0 aliphatic carbocycles. The number of fused-ring (bicyclic) bond motifs is 1. The molecule has 0 radical (unpaired) electrons. The normalized spacial score (nSPS) is 16.6. The van der Waals surface area contributed by atoms with Crippen LogP contribution in [0.25, 0.3) is 0 Å². The Labute approximate surface area is 161 Å². The number of rotatable bonds is 5. The Morgan fingerprint density at radius 3 is 2.82 bits per heavy atom. The van der Waals surface area contributed by atoms with E-state index < -0.39 is 0 Å². The summed E-state index contributed by atoms with van der Waals surface area (Å²) in [6, 6.07) is 10.3. The molecular weight excluding hydrogens is 356 g/mol. The van der Waals surface area contributed by atoms with E-state index in [4.69, 9.17) is 10.1 Å². The number of tetrazole rings is 1. The highest BCUT2D eigenvalue weighted by Gasteiger charge is 2.29. The summed E-state index contributed by atoms with van der Waals surface area (Å²) in [7, 11) is 0. The average molecular weight is 376 g/mol. The topological polar surface area (TPSA) is 105 Å². The molecule has 0 saturated carbocycles. The van der Waals surface area contributed by atoms with Gasteiger partial charge in [-0.1, -0.05) is 36.8 Å². The molecular formula is C18H20N10. The summed E-state index contributed by atoms with van der Waals surface area (Å²) in [4.78, 5) is 8.88. The third kappa shape index (κ3) is 3.28. The largest absolute Gasteiger partial charge is 0.245 e. The first-order valence-corrected chi connectivity index (χ1v) is 9.43. The number of aryl methyl sites for hydroxylation is 1. The van der Waals surface area contributed by atoms with Crippen LogP contribution < -0.4 is 0 Å². The minimum absolute atomic E-state index is 0.0261. The predicted octanol–water partition coefficient (Wildman–Crippen LogP) is 1.27. The molecule has 1 aliphatic rings. The van der Waals surface area contributed by atoms with Crippen molar-refractivity contribution in [1.29, 1.82) is 0 Å². The van der Waals surface area contributed by atoms with Gasteiger partial charge in [0.25, 0.3) is 0 Å². The minimum atomic E-state index is 0.0261. The number of aromatic nitrogens is 10. The molecule has 0 fully saturated rings. The van der Waals surface area contributed by atoms with Crippen molar-refractivity contribution in [3.8, 4) is 0 Å². The highest BCUT2D eigenvalue weighted by Crippen LogP contribution is 2.30. The summed E-state index contributed by atoms with van der Waals surface area (Å²) in [5, 5.41) is 21.3. The third-order valence-corrected chi connectivity index (χ3v) is 4.99. The predicted molar refractivity (Wildman–Crippen MR) is 98.2 cm³/mol. The van der Waals surface area contributed by atoms with Crippen LogP contribution in [0.2, 0.25) is 0 Å². The Morgan fingerprint density at radius 2 is 1.96 bits per heavy atom. The Balaban J connectivity index is 1.54. The number of benzene rings is 1. The molecule has 0 saturated heterocycles. The average Bonchev–Trinajstić information content (AvgIpc) is 3.44. The fourth-order valence-corrected chi connectivity index (χ4v) is 3.66. The van der Waals surface area contributed by atoms with Gasteiger partial charge in [0.1, 0.15) is 25.0 Å². The van der Waals surface area contributed by atoms with Crippen LogP contribution in [-0.4, -0.2) is 49.7 Å². The fraction of sp³-hybridized carbons (Fsp3) is 0.389. The van der Waals surface area contributed by atoms with E-state index in [1.165, 1.54) is 11.9 Å². The summed E-state index contributed by atoms with van der Waals surface area (Å²) in [5.74, 6) is 2.50. The van der Waals surface area contributed by atoms with Gasteiger partial charge in [0.05, 0.1) is 12.5 Å². The van der Waals surface area contributed by atoms with Crippen molar-refractivity contribution < 1.29 is 0 Å². The molecule has 10 nitrogen and oxygen atoms in total. The zero-order valence-corrected chi connectivity index (χ0v) is 15.3.